The largest absolute Gasteiger partial charge is 0.481 e. The Balaban J connectivity index is 2.61. The summed E-state index contributed by atoms with van der Waals surface area (Å²) in [5.41, 5.74) is -0.156. The van der Waals surface area contributed by atoms with Crippen molar-refractivity contribution in [1.82, 2.24) is 15.0 Å². The summed E-state index contributed by atoms with van der Waals surface area (Å²) in [5, 5.41) is 12.7. The fourth-order valence-corrected chi connectivity index (χ4v) is 1.76. The second-order valence-corrected chi connectivity index (χ2v) is 6.33. The Morgan fingerprint density at radius 3 is 2.50 bits per heavy atom. The number of rotatable bonds is 7. The molecule has 20 heavy (non-hydrogen) atoms. The van der Waals surface area contributed by atoms with Crippen molar-refractivity contribution in [2.24, 2.45) is 0 Å². The molecule has 6 nitrogen and oxygen atoms in total. The molecule has 0 spiro atoms. The minimum atomic E-state index is -0.761. The Morgan fingerprint density at radius 1 is 1.40 bits per heavy atom. The highest BCUT2D eigenvalue weighted by molar-refractivity contribution is 5.66. The second kappa shape index (κ2) is 6.83. The summed E-state index contributed by atoms with van der Waals surface area (Å²) < 4.78 is 5.27. The highest BCUT2D eigenvalue weighted by atomic mass is 16.5. The lowest BCUT2D eigenvalue weighted by atomic mass is 9.97. The number of aromatic nitrogens is 2. The van der Waals surface area contributed by atoms with Crippen molar-refractivity contribution in [1.29, 1.82) is 0 Å². The number of carbonyl (C=O) groups is 1. The Bertz CT molecular complexity index is 435. The number of aliphatic carboxylic acids is 1. The normalized spacial score (nSPS) is 12.3. The van der Waals surface area contributed by atoms with Gasteiger partial charge in [0.2, 0.25) is 5.89 Å². The molecule has 1 aromatic heterocycles. The first-order valence-electron chi connectivity index (χ1n) is 6.99. The number of carboxylic acid groups (broad SMARTS) is 1. The fraction of sp³-hybridized carbons (Fsp3) is 0.786. The Hall–Kier alpha value is -1.43. The molecule has 0 aliphatic carbocycles. The molecule has 0 bridgehead atoms. The molecule has 1 heterocycles. The summed E-state index contributed by atoms with van der Waals surface area (Å²) >= 11 is 0. The fourth-order valence-electron chi connectivity index (χ4n) is 1.76. The van der Waals surface area contributed by atoms with Crippen molar-refractivity contribution in [2.75, 3.05) is 6.54 Å². The van der Waals surface area contributed by atoms with Crippen LogP contribution in [0.4, 0.5) is 0 Å². The van der Waals surface area contributed by atoms with Crippen molar-refractivity contribution < 1.29 is 14.4 Å². The molecule has 1 aromatic rings. The van der Waals surface area contributed by atoms with Gasteiger partial charge in [0.15, 0.2) is 5.82 Å². The van der Waals surface area contributed by atoms with Crippen LogP contribution in [-0.4, -0.2) is 38.7 Å². The lowest BCUT2D eigenvalue weighted by Gasteiger charge is -2.24. The minimum absolute atomic E-state index is 0.156. The molecule has 0 amide bonds. The summed E-state index contributed by atoms with van der Waals surface area (Å²) in [5.74, 6) is 0.518. The first-order chi connectivity index (χ1) is 9.20. The van der Waals surface area contributed by atoms with Crippen LogP contribution in [0.5, 0.6) is 0 Å². The lowest BCUT2D eigenvalue weighted by molar-refractivity contribution is -0.137. The van der Waals surface area contributed by atoms with Gasteiger partial charge in [0.1, 0.15) is 0 Å². The maximum atomic E-state index is 10.6. The standard InChI is InChI=1S/C14H25N3O3/c1-10(2)17(8-6-7-12(18)19)9-11-15-13(20-16-11)14(3,4)5/h10H,6-9H2,1-5H3,(H,18,19). The van der Waals surface area contributed by atoms with Crippen LogP contribution in [0.15, 0.2) is 4.52 Å². The Morgan fingerprint density at radius 2 is 2.05 bits per heavy atom. The van der Waals surface area contributed by atoms with Crippen LogP contribution >= 0.6 is 0 Å². The molecule has 0 fully saturated rings. The highest BCUT2D eigenvalue weighted by Gasteiger charge is 2.22. The summed E-state index contributed by atoms with van der Waals surface area (Å²) in [6.07, 6.45) is 0.806. The van der Waals surface area contributed by atoms with Gasteiger partial charge in [0.25, 0.3) is 0 Å². The van der Waals surface area contributed by atoms with E-state index in [0.717, 1.165) is 0 Å². The number of hydrogen-bond donors (Lipinski definition) is 1. The van der Waals surface area contributed by atoms with Crippen LogP contribution in [0.1, 0.15) is 59.2 Å². The Kier molecular flexibility index (Phi) is 5.68. The number of nitrogens with zero attached hydrogens (tertiary/aromatic N) is 3. The van der Waals surface area contributed by atoms with Crippen molar-refractivity contribution >= 4 is 5.97 Å². The van der Waals surface area contributed by atoms with Crippen LogP contribution < -0.4 is 0 Å². The smallest absolute Gasteiger partial charge is 0.303 e. The molecule has 0 unspecified atom stereocenters. The van der Waals surface area contributed by atoms with Crippen molar-refractivity contribution in [3.05, 3.63) is 11.7 Å². The topological polar surface area (TPSA) is 79.5 Å². The molecule has 1 rings (SSSR count). The van der Waals surface area contributed by atoms with Crippen LogP contribution in [0.2, 0.25) is 0 Å². The van der Waals surface area contributed by atoms with E-state index in [4.69, 9.17) is 9.63 Å². The molecule has 1 N–H and O–H groups in total. The van der Waals surface area contributed by atoms with E-state index >= 15 is 0 Å². The first-order valence-corrected chi connectivity index (χ1v) is 6.99. The van der Waals surface area contributed by atoms with Gasteiger partial charge in [-0.2, -0.15) is 4.98 Å². The third-order valence-electron chi connectivity index (χ3n) is 3.02. The van der Waals surface area contributed by atoms with E-state index in [2.05, 4.69) is 28.9 Å². The maximum absolute atomic E-state index is 10.6. The quantitative estimate of drug-likeness (QED) is 0.828. The molecule has 0 aliphatic rings. The predicted molar refractivity (Wildman–Crippen MR) is 75.4 cm³/mol. The van der Waals surface area contributed by atoms with Crippen LogP contribution in [0, 0.1) is 0 Å². The van der Waals surface area contributed by atoms with Crippen molar-refractivity contribution in [3.8, 4) is 0 Å². The first kappa shape index (κ1) is 16.6. The predicted octanol–water partition coefficient (Wildman–Crippen LogP) is 2.44. The van der Waals surface area contributed by atoms with Crippen molar-refractivity contribution in [2.45, 2.75) is 65.5 Å². The molecule has 0 saturated carbocycles. The van der Waals surface area contributed by atoms with Crippen LogP contribution in [0.25, 0.3) is 0 Å². The molecular weight excluding hydrogens is 258 g/mol. The molecule has 0 aromatic carbocycles. The van der Waals surface area contributed by atoms with E-state index in [-0.39, 0.29) is 11.8 Å². The van der Waals surface area contributed by atoms with Gasteiger partial charge in [-0.3, -0.25) is 9.69 Å². The molecule has 0 aliphatic heterocycles. The van der Waals surface area contributed by atoms with E-state index in [0.29, 0.717) is 37.3 Å². The minimum Gasteiger partial charge on any atom is -0.481 e. The third-order valence-corrected chi connectivity index (χ3v) is 3.02. The van der Waals surface area contributed by atoms with Gasteiger partial charge in [-0.15, -0.1) is 0 Å². The highest BCUT2D eigenvalue weighted by Crippen LogP contribution is 2.20. The van der Waals surface area contributed by atoms with E-state index in [1.165, 1.54) is 0 Å². The molecule has 0 atom stereocenters. The summed E-state index contributed by atoms with van der Waals surface area (Å²) in [6, 6.07) is 0.306. The van der Waals surface area contributed by atoms with Crippen LogP contribution in [0.3, 0.4) is 0 Å². The van der Waals surface area contributed by atoms with Crippen LogP contribution in [-0.2, 0) is 16.8 Å². The lowest BCUT2D eigenvalue weighted by Crippen LogP contribution is -2.32. The molecule has 0 radical (unpaired) electrons. The molecule has 0 saturated heterocycles. The maximum Gasteiger partial charge on any atom is 0.303 e. The zero-order chi connectivity index (χ0) is 15.3. The average Bonchev–Trinajstić information content (AvgIpc) is 2.75. The SMILES string of the molecule is CC(C)N(CCCC(=O)O)Cc1noc(C(C)(C)C)n1. The summed E-state index contributed by atoms with van der Waals surface area (Å²) in [7, 11) is 0. The molecular formula is C14H25N3O3. The van der Waals surface area contributed by atoms with E-state index in [1.807, 2.05) is 20.8 Å². The van der Waals surface area contributed by atoms with Gasteiger partial charge < -0.3 is 9.63 Å². The summed E-state index contributed by atoms with van der Waals surface area (Å²) in [6.45, 7) is 11.5. The van der Waals surface area contributed by atoms with Gasteiger partial charge in [-0.1, -0.05) is 25.9 Å². The number of hydrogen-bond acceptors (Lipinski definition) is 5. The van der Waals surface area contributed by atoms with Gasteiger partial charge in [0.05, 0.1) is 6.54 Å². The van der Waals surface area contributed by atoms with E-state index in [1.54, 1.807) is 0 Å². The summed E-state index contributed by atoms with van der Waals surface area (Å²) in [4.78, 5) is 17.1. The molecule has 6 heteroatoms. The van der Waals surface area contributed by atoms with E-state index in [9.17, 15) is 4.79 Å². The Labute approximate surface area is 120 Å². The van der Waals surface area contributed by atoms with Gasteiger partial charge in [-0.05, 0) is 26.8 Å². The third kappa shape index (κ3) is 5.28. The zero-order valence-electron chi connectivity index (χ0n) is 13.0. The monoisotopic (exact) mass is 283 g/mol. The van der Waals surface area contributed by atoms with Gasteiger partial charge in [0, 0.05) is 17.9 Å². The van der Waals surface area contributed by atoms with Gasteiger partial charge in [-0.25, -0.2) is 0 Å². The van der Waals surface area contributed by atoms with Crippen molar-refractivity contribution in [3.63, 3.8) is 0 Å². The molecule has 114 valence electrons. The average molecular weight is 283 g/mol. The zero-order valence-corrected chi connectivity index (χ0v) is 13.0. The second-order valence-electron chi connectivity index (χ2n) is 6.33. The van der Waals surface area contributed by atoms with Gasteiger partial charge >= 0.3 is 5.97 Å². The van der Waals surface area contributed by atoms with E-state index < -0.39 is 5.97 Å². The number of carboxylic acids is 1.